The van der Waals surface area contributed by atoms with E-state index >= 15 is 0 Å². The first-order valence-corrected chi connectivity index (χ1v) is 7.72. The van der Waals surface area contributed by atoms with E-state index in [1.54, 1.807) is 6.92 Å². The average Bonchev–Trinajstić information content (AvgIpc) is 2.55. The van der Waals surface area contributed by atoms with Gasteiger partial charge in [0.15, 0.2) is 0 Å². The summed E-state index contributed by atoms with van der Waals surface area (Å²) >= 11 is 0. The number of pyridine rings is 1. The molecule has 2 aromatic rings. The third kappa shape index (κ3) is 4.87. The molecule has 2 N–H and O–H groups in total. The molecular weight excluding hydrogens is 309 g/mol. The molecule has 0 aliphatic carbocycles. The Bertz CT molecular complexity index is 716. The van der Waals surface area contributed by atoms with E-state index in [0.29, 0.717) is 13.0 Å². The smallest absolute Gasteiger partial charge is 0.228 e. The van der Waals surface area contributed by atoms with Gasteiger partial charge < -0.3 is 10.6 Å². The third-order valence-corrected chi connectivity index (χ3v) is 3.58. The van der Waals surface area contributed by atoms with Crippen LogP contribution in [0.2, 0.25) is 0 Å². The Hall–Kier alpha value is -2.76. The fourth-order valence-electron chi connectivity index (χ4n) is 2.28. The minimum atomic E-state index is -0.645. The number of benzene rings is 1. The lowest BCUT2D eigenvalue weighted by Crippen LogP contribution is -2.30. The number of hydrogen-bond donors (Lipinski definition) is 2. The molecule has 1 aromatic carbocycles. The van der Waals surface area contributed by atoms with Crippen molar-refractivity contribution in [1.82, 2.24) is 10.3 Å². The molecule has 2 amide bonds. The maximum absolute atomic E-state index is 13.6. The molecule has 126 valence electrons. The third-order valence-electron chi connectivity index (χ3n) is 3.58. The van der Waals surface area contributed by atoms with Gasteiger partial charge in [-0.2, -0.15) is 0 Å². The fourth-order valence-corrected chi connectivity index (χ4v) is 2.28. The fraction of sp³-hybridized carbons (Fsp3) is 0.278. The van der Waals surface area contributed by atoms with Gasteiger partial charge in [0, 0.05) is 25.4 Å². The van der Waals surface area contributed by atoms with Crippen LogP contribution in [0, 0.1) is 5.82 Å². The molecule has 0 spiro atoms. The van der Waals surface area contributed by atoms with Crippen LogP contribution in [-0.2, 0) is 16.0 Å². The van der Waals surface area contributed by atoms with Crippen LogP contribution in [0.15, 0.2) is 42.6 Å². The molecule has 2 rings (SSSR count). The van der Waals surface area contributed by atoms with Crippen LogP contribution < -0.4 is 10.6 Å². The van der Waals surface area contributed by atoms with Crippen LogP contribution in [0.5, 0.6) is 0 Å². The van der Waals surface area contributed by atoms with E-state index in [9.17, 15) is 14.0 Å². The van der Waals surface area contributed by atoms with Gasteiger partial charge in [0.1, 0.15) is 5.82 Å². The highest BCUT2D eigenvalue weighted by atomic mass is 19.1. The van der Waals surface area contributed by atoms with Crippen LogP contribution in [0.25, 0.3) is 0 Å². The summed E-state index contributed by atoms with van der Waals surface area (Å²) in [6.45, 7) is 3.52. The molecule has 0 fully saturated rings. The number of carbonyl (C=O) groups is 2. The normalized spacial score (nSPS) is 11.6. The zero-order chi connectivity index (χ0) is 17.5. The van der Waals surface area contributed by atoms with Crippen molar-refractivity contribution in [2.45, 2.75) is 26.2 Å². The van der Waals surface area contributed by atoms with E-state index in [4.69, 9.17) is 0 Å². The second kappa shape index (κ2) is 8.19. The number of hydrogen-bond acceptors (Lipinski definition) is 3. The second-order valence-corrected chi connectivity index (χ2v) is 5.51. The zero-order valence-electron chi connectivity index (χ0n) is 13.7. The lowest BCUT2D eigenvalue weighted by molar-refractivity contribution is -0.122. The molecular formula is C18H20FN3O2. The van der Waals surface area contributed by atoms with Gasteiger partial charge in [0.05, 0.1) is 11.6 Å². The molecule has 0 bridgehead atoms. The summed E-state index contributed by atoms with van der Waals surface area (Å²) in [5.41, 5.74) is 1.91. The van der Waals surface area contributed by atoms with Gasteiger partial charge in [-0.05, 0) is 43.2 Å². The molecule has 1 aromatic heterocycles. The van der Waals surface area contributed by atoms with Crippen molar-refractivity contribution in [2.75, 3.05) is 11.9 Å². The monoisotopic (exact) mass is 329 g/mol. The minimum absolute atomic E-state index is 0.120. The molecule has 6 heteroatoms. The van der Waals surface area contributed by atoms with Crippen molar-refractivity contribution in [3.63, 3.8) is 0 Å². The summed E-state index contributed by atoms with van der Waals surface area (Å²) in [5.74, 6) is -1.50. The number of anilines is 1. The lowest BCUT2D eigenvalue weighted by atomic mass is 10.1. The van der Waals surface area contributed by atoms with E-state index < -0.39 is 11.7 Å². The van der Waals surface area contributed by atoms with Crippen LogP contribution in [-0.4, -0.2) is 23.3 Å². The number of nitrogens with one attached hydrogen (secondary N) is 2. The number of rotatable bonds is 6. The quantitative estimate of drug-likeness (QED) is 0.856. The Morgan fingerprint density at radius 1 is 1.21 bits per heavy atom. The summed E-state index contributed by atoms with van der Waals surface area (Å²) in [6, 6.07) is 10.2. The highest BCUT2D eigenvalue weighted by Crippen LogP contribution is 2.16. The largest absolute Gasteiger partial charge is 0.355 e. The highest BCUT2D eigenvalue weighted by molar-refractivity contribution is 5.88. The zero-order valence-corrected chi connectivity index (χ0v) is 13.7. The molecule has 0 aliphatic rings. The summed E-state index contributed by atoms with van der Waals surface area (Å²) in [7, 11) is 0. The van der Waals surface area contributed by atoms with E-state index in [2.05, 4.69) is 15.6 Å². The van der Waals surface area contributed by atoms with E-state index in [1.807, 2.05) is 24.3 Å². The van der Waals surface area contributed by atoms with E-state index in [-0.39, 0.29) is 17.5 Å². The summed E-state index contributed by atoms with van der Waals surface area (Å²) < 4.78 is 13.6. The number of halogens is 1. The van der Waals surface area contributed by atoms with Gasteiger partial charge in [0.25, 0.3) is 0 Å². The summed E-state index contributed by atoms with van der Waals surface area (Å²) in [6.07, 6.45) is 2.11. The van der Waals surface area contributed by atoms with E-state index in [0.717, 1.165) is 11.3 Å². The molecule has 0 saturated carbocycles. The van der Waals surface area contributed by atoms with Crippen molar-refractivity contribution in [3.05, 3.63) is 59.7 Å². The van der Waals surface area contributed by atoms with Crippen LogP contribution >= 0.6 is 0 Å². The maximum atomic E-state index is 13.6. The first-order chi connectivity index (χ1) is 11.5. The number of nitrogens with zero attached hydrogens (tertiary/aromatic N) is 1. The van der Waals surface area contributed by atoms with Crippen LogP contribution in [0.1, 0.15) is 31.0 Å². The molecule has 1 atom stereocenters. The molecule has 0 unspecified atom stereocenters. The van der Waals surface area contributed by atoms with Gasteiger partial charge in [0.2, 0.25) is 11.8 Å². The molecule has 24 heavy (non-hydrogen) atoms. The van der Waals surface area contributed by atoms with Gasteiger partial charge in [-0.3, -0.25) is 14.6 Å². The lowest BCUT2D eigenvalue weighted by Gasteiger charge is -2.12. The number of amides is 2. The van der Waals surface area contributed by atoms with Crippen molar-refractivity contribution in [1.29, 1.82) is 0 Å². The topological polar surface area (TPSA) is 71.1 Å². The standard InChI is InChI=1S/C18H20FN3O2/c1-12(17-16(19)4-3-10-20-17)18(24)21-11-9-14-5-7-15(8-6-14)22-13(2)23/h3-8,10,12H,9,11H2,1-2H3,(H,21,24)(H,22,23)/t12-/m1/s1. The number of aromatic nitrogens is 1. The Kier molecular flexibility index (Phi) is 6.01. The van der Waals surface area contributed by atoms with E-state index in [1.165, 1.54) is 25.3 Å². The molecule has 0 saturated heterocycles. The van der Waals surface area contributed by atoms with Crippen molar-refractivity contribution in [2.24, 2.45) is 0 Å². The average molecular weight is 329 g/mol. The second-order valence-electron chi connectivity index (χ2n) is 5.51. The predicted octanol–water partition coefficient (Wildman–Crippen LogP) is 2.64. The van der Waals surface area contributed by atoms with Gasteiger partial charge in [-0.1, -0.05) is 12.1 Å². The van der Waals surface area contributed by atoms with Crippen LogP contribution in [0.4, 0.5) is 10.1 Å². The number of carbonyl (C=O) groups excluding carboxylic acids is 2. The van der Waals surface area contributed by atoms with Crippen molar-refractivity contribution in [3.8, 4) is 0 Å². The Labute approximate surface area is 140 Å². The van der Waals surface area contributed by atoms with Crippen LogP contribution in [0.3, 0.4) is 0 Å². The Balaban J connectivity index is 1.84. The first-order valence-electron chi connectivity index (χ1n) is 7.72. The Morgan fingerprint density at radius 3 is 2.54 bits per heavy atom. The highest BCUT2D eigenvalue weighted by Gasteiger charge is 2.19. The van der Waals surface area contributed by atoms with Crippen molar-refractivity contribution < 1.29 is 14.0 Å². The molecule has 1 heterocycles. The minimum Gasteiger partial charge on any atom is -0.355 e. The maximum Gasteiger partial charge on any atom is 0.228 e. The van der Waals surface area contributed by atoms with Crippen molar-refractivity contribution >= 4 is 17.5 Å². The van der Waals surface area contributed by atoms with Gasteiger partial charge in [-0.25, -0.2) is 4.39 Å². The van der Waals surface area contributed by atoms with Gasteiger partial charge in [-0.15, -0.1) is 0 Å². The first kappa shape index (κ1) is 17.6. The van der Waals surface area contributed by atoms with Gasteiger partial charge >= 0.3 is 0 Å². The molecule has 0 aliphatic heterocycles. The molecule has 0 radical (unpaired) electrons. The Morgan fingerprint density at radius 2 is 1.92 bits per heavy atom. The summed E-state index contributed by atoms with van der Waals surface area (Å²) in [5, 5.41) is 5.48. The SMILES string of the molecule is CC(=O)Nc1ccc(CCNC(=O)[C@H](C)c2ncccc2F)cc1. The molecule has 5 nitrogen and oxygen atoms in total. The summed E-state index contributed by atoms with van der Waals surface area (Å²) in [4.78, 5) is 27.0. The predicted molar refractivity (Wildman–Crippen MR) is 90.1 cm³/mol.